The largest absolute Gasteiger partial charge is 0.360 e. The molecule has 0 unspecified atom stereocenters. The predicted molar refractivity (Wildman–Crippen MR) is 78.6 cm³/mol. The summed E-state index contributed by atoms with van der Waals surface area (Å²) >= 11 is 3.42. The fourth-order valence-electron chi connectivity index (χ4n) is 2.48. The quantitative estimate of drug-likeness (QED) is 0.911. The monoisotopic (exact) mass is 342 g/mol. The highest BCUT2D eigenvalue weighted by Gasteiger charge is 2.26. The lowest BCUT2D eigenvalue weighted by molar-refractivity contribution is 0.346. The maximum absolute atomic E-state index is 12.6. The van der Waals surface area contributed by atoms with E-state index in [0.717, 1.165) is 34.6 Å². The Morgan fingerprint density at radius 3 is 2.63 bits per heavy atom. The lowest BCUT2D eigenvalue weighted by Crippen LogP contribution is -2.35. The van der Waals surface area contributed by atoms with Gasteiger partial charge in [0.05, 0.1) is 4.90 Å². The molecule has 1 aromatic carbocycles. The van der Waals surface area contributed by atoms with E-state index in [-0.39, 0.29) is 0 Å². The van der Waals surface area contributed by atoms with E-state index in [2.05, 4.69) is 20.9 Å². The van der Waals surface area contributed by atoms with Crippen molar-refractivity contribution in [2.75, 3.05) is 13.1 Å². The van der Waals surface area contributed by atoms with E-state index >= 15 is 0 Å². The molecule has 1 fully saturated rings. The van der Waals surface area contributed by atoms with Gasteiger partial charge in [0.2, 0.25) is 10.0 Å². The van der Waals surface area contributed by atoms with Crippen molar-refractivity contribution in [2.24, 2.45) is 0 Å². The van der Waals surface area contributed by atoms with Gasteiger partial charge in [-0.2, -0.15) is 4.31 Å². The Hall–Kier alpha value is -0.850. The Morgan fingerprint density at radius 2 is 1.89 bits per heavy atom. The summed E-state index contributed by atoms with van der Waals surface area (Å²) in [7, 11) is -3.35. The number of nitrogens with zero attached hydrogens (tertiary/aromatic N) is 1. The second kappa shape index (κ2) is 4.92. The lowest BCUT2D eigenvalue weighted by Gasteiger charge is -2.25. The zero-order valence-corrected chi connectivity index (χ0v) is 12.8. The first-order chi connectivity index (χ1) is 9.09. The number of benzene rings is 1. The van der Waals surface area contributed by atoms with Crippen molar-refractivity contribution in [3.63, 3.8) is 0 Å². The fraction of sp³-hybridized carbons (Fsp3) is 0.385. The van der Waals surface area contributed by atoms with E-state index in [1.165, 1.54) is 0 Å². The van der Waals surface area contributed by atoms with Crippen LogP contribution in [0.5, 0.6) is 0 Å². The number of fused-ring (bicyclic) bond motifs is 1. The number of aromatic amines is 1. The summed E-state index contributed by atoms with van der Waals surface area (Å²) in [5.74, 6) is 0. The van der Waals surface area contributed by atoms with Crippen LogP contribution in [0.4, 0.5) is 0 Å². The van der Waals surface area contributed by atoms with Crippen molar-refractivity contribution in [3.8, 4) is 0 Å². The number of hydrogen-bond acceptors (Lipinski definition) is 2. The van der Waals surface area contributed by atoms with E-state index < -0.39 is 10.0 Å². The SMILES string of the molecule is O=S(=O)(c1ccc2[nH]cc(Br)c2c1)N1CCCCC1. The summed E-state index contributed by atoms with van der Waals surface area (Å²) in [4.78, 5) is 3.47. The minimum absolute atomic E-state index is 0.377. The molecule has 2 heterocycles. The van der Waals surface area contributed by atoms with Crippen LogP contribution in [0.3, 0.4) is 0 Å². The molecule has 2 aromatic rings. The molecular formula is C13H15BrN2O2S. The molecule has 0 atom stereocenters. The zero-order valence-electron chi connectivity index (χ0n) is 10.4. The minimum Gasteiger partial charge on any atom is -0.360 e. The van der Waals surface area contributed by atoms with Crippen LogP contribution in [0.25, 0.3) is 10.9 Å². The molecule has 6 heteroatoms. The van der Waals surface area contributed by atoms with Crippen molar-refractivity contribution in [3.05, 3.63) is 28.9 Å². The minimum atomic E-state index is -3.35. The number of nitrogens with one attached hydrogen (secondary N) is 1. The summed E-state index contributed by atoms with van der Waals surface area (Å²) in [5.41, 5.74) is 0.935. The summed E-state index contributed by atoms with van der Waals surface area (Å²) in [6, 6.07) is 5.23. The van der Waals surface area contributed by atoms with E-state index in [4.69, 9.17) is 0 Å². The Kier molecular flexibility index (Phi) is 3.41. The normalized spacial score (nSPS) is 17.9. The third-order valence-corrected chi connectivity index (χ3v) is 6.11. The Labute approximate surface area is 121 Å². The molecule has 1 aliphatic heterocycles. The maximum Gasteiger partial charge on any atom is 0.243 e. The maximum atomic E-state index is 12.6. The molecule has 0 saturated carbocycles. The molecule has 0 spiro atoms. The first kappa shape index (κ1) is 13.1. The molecule has 19 heavy (non-hydrogen) atoms. The molecule has 0 bridgehead atoms. The molecule has 0 amide bonds. The molecule has 1 aromatic heterocycles. The highest BCUT2D eigenvalue weighted by Crippen LogP contribution is 2.28. The van der Waals surface area contributed by atoms with Crippen LogP contribution in [0.15, 0.2) is 33.8 Å². The van der Waals surface area contributed by atoms with Crippen LogP contribution in [0, 0.1) is 0 Å². The first-order valence-corrected chi connectivity index (χ1v) is 8.59. The van der Waals surface area contributed by atoms with Crippen LogP contribution >= 0.6 is 15.9 Å². The third-order valence-electron chi connectivity index (χ3n) is 3.56. The summed E-state index contributed by atoms with van der Waals surface area (Å²) in [6.07, 6.45) is 4.85. The van der Waals surface area contributed by atoms with Gasteiger partial charge in [-0.05, 0) is 47.0 Å². The van der Waals surface area contributed by atoms with Gasteiger partial charge < -0.3 is 4.98 Å². The van der Waals surface area contributed by atoms with E-state index in [9.17, 15) is 8.42 Å². The number of H-pyrrole nitrogens is 1. The van der Waals surface area contributed by atoms with Crippen LogP contribution in [-0.2, 0) is 10.0 Å². The van der Waals surface area contributed by atoms with Gasteiger partial charge in [0, 0.05) is 34.7 Å². The van der Waals surface area contributed by atoms with Crippen molar-refractivity contribution < 1.29 is 8.42 Å². The number of piperidine rings is 1. The second-order valence-corrected chi connectivity index (χ2v) is 7.60. The van der Waals surface area contributed by atoms with Crippen LogP contribution in [0.2, 0.25) is 0 Å². The van der Waals surface area contributed by atoms with Gasteiger partial charge in [0.25, 0.3) is 0 Å². The topological polar surface area (TPSA) is 53.2 Å². The summed E-state index contributed by atoms with van der Waals surface area (Å²) in [6.45, 7) is 1.27. The standard InChI is InChI=1S/C13H15BrN2O2S/c14-12-9-15-13-5-4-10(8-11(12)13)19(17,18)16-6-2-1-3-7-16/h4-5,8-9,15H,1-3,6-7H2. The van der Waals surface area contributed by atoms with Crippen molar-refractivity contribution in [1.82, 2.24) is 9.29 Å². The highest BCUT2D eigenvalue weighted by molar-refractivity contribution is 9.10. The predicted octanol–water partition coefficient (Wildman–Crippen LogP) is 3.11. The summed E-state index contributed by atoms with van der Waals surface area (Å²) < 4.78 is 27.6. The number of hydrogen-bond donors (Lipinski definition) is 1. The number of rotatable bonds is 2. The third kappa shape index (κ3) is 2.32. The number of sulfonamides is 1. The van der Waals surface area contributed by atoms with Gasteiger partial charge in [0.1, 0.15) is 0 Å². The molecule has 3 rings (SSSR count). The molecule has 4 nitrogen and oxygen atoms in total. The molecular weight excluding hydrogens is 328 g/mol. The molecule has 1 saturated heterocycles. The van der Waals surface area contributed by atoms with E-state index in [1.807, 2.05) is 12.3 Å². The Morgan fingerprint density at radius 1 is 1.16 bits per heavy atom. The summed E-state index contributed by atoms with van der Waals surface area (Å²) in [5, 5.41) is 0.901. The van der Waals surface area contributed by atoms with Gasteiger partial charge in [-0.25, -0.2) is 8.42 Å². The van der Waals surface area contributed by atoms with Gasteiger partial charge in [-0.15, -0.1) is 0 Å². The van der Waals surface area contributed by atoms with Crippen LogP contribution in [0.1, 0.15) is 19.3 Å². The van der Waals surface area contributed by atoms with Crippen molar-refractivity contribution >= 4 is 36.9 Å². The Balaban J connectivity index is 2.04. The average Bonchev–Trinajstić information content (AvgIpc) is 2.81. The van der Waals surface area contributed by atoms with E-state index in [1.54, 1.807) is 16.4 Å². The molecule has 0 aliphatic carbocycles. The van der Waals surface area contributed by atoms with Gasteiger partial charge >= 0.3 is 0 Å². The van der Waals surface area contributed by atoms with Crippen molar-refractivity contribution in [1.29, 1.82) is 0 Å². The Bertz CT molecular complexity index is 703. The molecule has 102 valence electrons. The van der Waals surface area contributed by atoms with Crippen LogP contribution in [-0.4, -0.2) is 30.8 Å². The average molecular weight is 343 g/mol. The van der Waals surface area contributed by atoms with Gasteiger partial charge in [-0.3, -0.25) is 0 Å². The molecule has 1 N–H and O–H groups in total. The molecule has 0 radical (unpaired) electrons. The zero-order chi connectivity index (χ0) is 13.5. The van der Waals surface area contributed by atoms with Crippen molar-refractivity contribution in [2.45, 2.75) is 24.2 Å². The van der Waals surface area contributed by atoms with Gasteiger partial charge in [0.15, 0.2) is 0 Å². The number of halogens is 1. The number of aromatic nitrogens is 1. The van der Waals surface area contributed by atoms with Gasteiger partial charge in [-0.1, -0.05) is 6.42 Å². The fourth-order valence-corrected chi connectivity index (χ4v) is 4.47. The van der Waals surface area contributed by atoms with E-state index in [0.29, 0.717) is 18.0 Å². The molecule has 1 aliphatic rings. The smallest absolute Gasteiger partial charge is 0.243 e. The van der Waals surface area contributed by atoms with Crippen LogP contribution < -0.4 is 0 Å². The lowest BCUT2D eigenvalue weighted by atomic mass is 10.2. The second-order valence-electron chi connectivity index (χ2n) is 4.81. The first-order valence-electron chi connectivity index (χ1n) is 6.36. The highest BCUT2D eigenvalue weighted by atomic mass is 79.9.